The van der Waals surface area contributed by atoms with Crippen LogP contribution in [0.3, 0.4) is 0 Å². The number of ether oxygens (including phenoxy) is 1. The Hall–Kier alpha value is -1.40. The lowest BCUT2D eigenvalue weighted by atomic mass is 10.0. The van der Waals surface area contributed by atoms with E-state index in [9.17, 15) is 14.7 Å². The number of carbonyl (C=O) groups is 2. The molecule has 29 heavy (non-hydrogen) atoms. The Kier molecular flexibility index (Phi) is 15.4. The van der Waals surface area contributed by atoms with E-state index in [0.717, 1.165) is 58.5 Å². The standard InChI is InChI=1S/C23H42N2O4/c1-2-3-4-5-6-7-8-9-10-11-13-21(23(27)28)20-22(26)24-14-12-15-25-16-18-29-19-17-25/h13H,2-12,14-20H2,1H3,(H,24,26)(H,27,28). The SMILES string of the molecule is CCCCCCCCCCCC=C(CC(=O)NCCCN1CCOCC1)C(=O)O. The van der Waals surface area contributed by atoms with Crippen LogP contribution in [0.1, 0.15) is 84.0 Å². The Morgan fingerprint density at radius 3 is 2.21 bits per heavy atom. The van der Waals surface area contributed by atoms with Gasteiger partial charge >= 0.3 is 5.97 Å². The van der Waals surface area contributed by atoms with Crippen LogP contribution in [0, 0.1) is 0 Å². The third kappa shape index (κ3) is 14.3. The molecule has 168 valence electrons. The van der Waals surface area contributed by atoms with Gasteiger partial charge in [0, 0.05) is 25.2 Å². The molecular formula is C23H42N2O4. The predicted octanol–water partition coefficient (Wildman–Crippen LogP) is 4.15. The molecule has 6 heteroatoms. The van der Waals surface area contributed by atoms with Gasteiger partial charge in [0.05, 0.1) is 19.6 Å². The second-order valence-electron chi connectivity index (χ2n) is 7.99. The average Bonchev–Trinajstić information content (AvgIpc) is 2.72. The maximum atomic E-state index is 12.0. The maximum Gasteiger partial charge on any atom is 0.331 e. The minimum absolute atomic E-state index is 0.0374. The van der Waals surface area contributed by atoms with Crippen LogP contribution < -0.4 is 5.32 Å². The summed E-state index contributed by atoms with van der Waals surface area (Å²) in [4.78, 5) is 25.8. The van der Waals surface area contributed by atoms with Crippen LogP contribution >= 0.6 is 0 Å². The van der Waals surface area contributed by atoms with Crippen molar-refractivity contribution in [1.82, 2.24) is 10.2 Å². The number of carboxylic acid groups (broad SMARTS) is 1. The second kappa shape index (κ2) is 17.5. The monoisotopic (exact) mass is 410 g/mol. The third-order valence-electron chi connectivity index (χ3n) is 5.40. The number of carbonyl (C=O) groups excluding carboxylic acids is 1. The molecule has 1 saturated heterocycles. The van der Waals surface area contributed by atoms with Crippen molar-refractivity contribution in [2.45, 2.75) is 84.0 Å². The smallest absolute Gasteiger partial charge is 0.331 e. The van der Waals surface area contributed by atoms with Crippen LogP contribution in [-0.4, -0.2) is 61.3 Å². The summed E-state index contributed by atoms with van der Waals surface area (Å²) in [5, 5.41) is 12.2. The first-order valence-corrected chi connectivity index (χ1v) is 11.6. The summed E-state index contributed by atoms with van der Waals surface area (Å²) in [5.41, 5.74) is 0.218. The Morgan fingerprint density at radius 1 is 0.966 bits per heavy atom. The highest BCUT2D eigenvalue weighted by Gasteiger charge is 2.13. The fourth-order valence-electron chi connectivity index (χ4n) is 3.56. The summed E-state index contributed by atoms with van der Waals surface area (Å²) < 4.78 is 5.31. The van der Waals surface area contributed by atoms with Gasteiger partial charge in [0.15, 0.2) is 0 Å². The van der Waals surface area contributed by atoms with Crippen LogP contribution in [0.5, 0.6) is 0 Å². The third-order valence-corrected chi connectivity index (χ3v) is 5.40. The Labute approximate surface area is 177 Å². The lowest BCUT2D eigenvalue weighted by molar-refractivity contribution is -0.134. The average molecular weight is 411 g/mol. The number of morpholine rings is 1. The molecule has 0 aliphatic carbocycles. The van der Waals surface area contributed by atoms with Crippen LogP contribution in [0.25, 0.3) is 0 Å². The van der Waals surface area contributed by atoms with Crippen molar-refractivity contribution in [2.24, 2.45) is 0 Å². The van der Waals surface area contributed by atoms with E-state index in [-0.39, 0.29) is 17.9 Å². The summed E-state index contributed by atoms with van der Waals surface area (Å²) >= 11 is 0. The lowest BCUT2D eigenvalue weighted by Crippen LogP contribution is -2.38. The largest absolute Gasteiger partial charge is 0.478 e. The molecule has 1 amide bonds. The molecule has 0 unspecified atom stereocenters. The van der Waals surface area contributed by atoms with Gasteiger partial charge in [-0.15, -0.1) is 0 Å². The van der Waals surface area contributed by atoms with E-state index >= 15 is 0 Å². The molecule has 0 saturated carbocycles. The van der Waals surface area contributed by atoms with Gasteiger partial charge in [0.1, 0.15) is 0 Å². The lowest BCUT2D eigenvalue weighted by Gasteiger charge is -2.26. The van der Waals surface area contributed by atoms with Crippen LogP contribution in [0.15, 0.2) is 11.6 Å². The highest BCUT2D eigenvalue weighted by atomic mass is 16.5. The number of nitrogens with one attached hydrogen (secondary N) is 1. The van der Waals surface area contributed by atoms with Crippen molar-refractivity contribution in [2.75, 3.05) is 39.4 Å². The first-order chi connectivity index (χ1) is 14.1. The summed E-state index contributed by atoms with van der Waals surface area (Å²) in [6.45, 7) is 7.19. The van der Waals surface area contributed by atoms with Gasteiger partial charge in [-0.2, -0.15) is 0 Å². The second-order valence-corrected chi connectivity index (χ2v) is 7.99. The number of hydrogen-bond acceptors (Lipinski definition) is 4. The van der Waals surface area contributed by atoms with E-state index in [1.165, 1.54) is 44.9 Å². The van der Waals surface area contributed by atoms with Gasteiger partial charge in [0.25, 0.3) is 0 Å². The molecule has 0 aromatic rings. The number of allylic oxidation sites excluding steroid dienone is 1. The summed E-state index contributed by atoms with van der Waals surface area (Å²) in [6, 6.07) is 0. The van der Waals surface area contributed by atoms with E-state index in [1.807, 2.05) is 0 Å². The molecule has 1 fully saturated rings. The highest BCUT2D eigenvalue weighted by molar-refractivity contribution is 5.93. The normalized spacial score (nSPS) is 15.4. The van der Waals surface area contributed by atoms with Crippen molar-refractivity contribution in [3.63, 3.8) is 0 Å². The van der Waals surface area contributed by atoms with Crippen LogP contribution in [-0.2, 0) is 14.3 Å². The van der Waals surface area contributed by atoms with Gasteiger partial charge in [-0.3, -0.25) is 9.69 Å². The fraction of sp³-hybridized carbons (Fsp3) is 0.826. The van der Waals surface area contributed by atoms with Crippen molar-refractivity contribution in [3.8, 4) is 0 Å². The van der Waals surface area contributed by atoms with E-state index in [4.69, 9.17) is 4.74 Å². The maximum absolute atomic E-state index is 12.0. The fourth-order valence-corrected chi connectivity index (χ4v) is 3.56. The molecule has 1 rings (SSSR count). The van der Waals surface area contributed by atoms with Gasteiger partial charge in [-0.25, -0.2) is 4.79 Å². The van der Waals surface area contributed by atoms with E-state index in [1.54, 1.807) is 6.08 Å². The Balaban J connectivity index is 2.09. The number of hydrogen-bond donors (Lipinski definition) is 2. The van der Waals surface area contributed by atoms with Gasteiger partial charge in [-0.1, -0.05) is 64.4 Å². The molecule has 1 aliphatic rings. The molecule has 0 aromatic carbocycles. The summed E-state index contributed by atoms with van der Waals surface area (Å²) in [7, 11) is 0. The Morgan fingerprint density at radius 2 is 1.59 bits per heavy atom. The minimum atomic E-state index is -0.982. The molecule has 6 nitrogen and oxygen atoms in total. The summed E-state index contributed by atoms with van der Waals surface area (Å²) in [5.74, 6) is -1.18. The van der Waals surface area contributed by atoms with E-state index in [2.05, 4.69) is 17.1 Å². The van der Waals surface area contributed by atoms with Gasteiger partial charge in [0.2, 0.25) is 5.91 Å². The summed E-state index contributed by atoms with van der Waals surface area (Å²) in [6.07, 6.45) is 14.5. The van der Waals surface area contributed by atoms with Gasteiger partial charge < -0.3 is 15.2 Å². The van der Waals surface area contributed by atoms with Gasteiger partial charge in [-0.05, 0) is 25.8 Å². The van der Waals surface area contributed by atoms with Crippen molar-refractivity contribution < 1.29 is 19.4 Å². The number of amides is 1. The highest BCUT2D eigenvalue weighted by Crippen LogP contribution is 2.12. The molecular weight excluding hydrogens is 368 g/mol. The minimum Gasteiger partial charge on any atom is -0.478 e. The quantitative estimate of drug-likeness (QED) is 0.278. The van der Waals surface area contributed by atoms with Crippen molar-refractivity contribution in [3.05, 3.63) is 11.6 Å². The molecule has 0 bridgehead atoms. The number of carboxylic acids is 1. The van der Waals surface area contributed by atoms with E-state index in [0.29, 0.717) is 6.54 Å². The number of unbranched alkanes of at least 4 members (excludes halogenated alkanes) is 9. The number of nitrogens with zero attached hydrogens (tertiary/aromatic N) is 1. The van der Waals surface area contributed by atoms with Crippen LogP contribution in [0.2, 0.25) is 0 Å². The topological polar surface area (TPSA) is 78.9 Å². The zero-order valence-corrected chi connectivity index (χ0v) is 18.4. The van der Waals surface area contributed by atoms with E-state index < -0.39 is 5.97 Å². The molecule has 0 radical (unpaired) electrons. The molecule has 0 atom stereocenters. The molecule has 2 N–H and O–H groups in total. The first kappa shape index (κ1) is 25.6. The van der Waals surface area contributed by atoms with Crippen LogP contribution in [0.4, 0.5) is 0 Å². The zero-order chi connectivity index (χ0) is 21.2. The molecule has 1 aliphatic heterocycles. The van der Waals surface area contributed by atoms with Crippen molar-refractivity contribution in [1.29, 1.82) is 0 Å². The Bertz CT molecular complexity index is 473. The first-order valence-electron chi connectivity index (χ1n) is 11.6. The molecule has 1 heterocycles. The predicted molar refractivity (Wildman–Crippen MR) is 117 cm³/mol. The number of rotatable bonds is 17. The number of aliphatic carboxylic acids is 1. The van der Waals surface area contributed by atoms with Crippen molar-refractivity contribution >= 4 is 11.9 Å². The molecule has 0 aromatic heterocycles. The zero-order valence-electron chi connectivity index (χ0n) is 18.4. The molecule has 0 spiro atoms.